The number of nitrogens with one attached hydrogen (secondary N) is 1. The van der Waals surface area contributed by atoms with Crippen molar-refractivity contribution in [2.24, 2.45) is 0 Å². The van der Waals surface area contributed by atoms with Crippen LogP contribution < -0.4 is 14.8 Å². The lowest BCUT2D eigenvalue weighted by molar-refractivity contribution is -0.137. The summed E-state index contributed by atoms with van der Waals surface area (Å²) in [6, 6.07) is 18.2. The van der Waals surface area contributed by atoms with E-state index in [0.29, 0.717) is 58.8 Å². The Morgan fingerprint density at radius 2 is 1.63 bits per heavy atom. The third-order valence-corrected chi connectivity index (χ3v) is 7.36. The van der Waals surface area contributed by atoms with Gasteiger partial charge >= 0.3 is 6.18 Å². The van der Waals surface area contributed by atoms with Gasteiger partial charge in [0.1, 0.15) is 10.7 Å². The summed E-state index contributed by atoms with van der Waals surface area (Å²) >= 11 is 7.35. The van der Waals surface area contributed by atoms with E-state index in [-0.39, 0.29) is 12.5 Å². The maximum Gasteiger partial charge on any atom is 0.416 e. The van der Waals surface area contributed by atoms with Crippen LogP contribution in [0.3, 0.4) is 0 Å². The van der Waals surface area contributed by atoms with E-state index in [1.807, 2.05) is 35.2 Å². The molecule has 41 heavy (non-hydrogen) atoms. The number of amides is 1. The largest absolute Gasteiger partial charge is 0.493 e. The van der Waals surface area contributed by atoms with Crippen LogP contribution in [0.5, 0.6) is 11.5 Å². The zero-order valence-corrected chi connectivity index (χ0v) is 24.1. The number of hydrogen-bond acceptors (Lipinski definition) is 6. The Hall–Kier alpha value is -3.60. The van der Waals surface area contributed by atoms with E-state index in [1.54, 1.807) is 37.8 Å². The topological polar surface area (TPSA) is 63.7 Å². The van der Waals surface area contributed by atoms with Crippen molar-refractivity contribution in [3.05, 3.63) is 110 Å². The van der Waals surface area contributed by atoms with Crippen LogP contribution >= 0.6 is 22.9 Å². The Balaban J connectivity index is 1.41. The van der Waals surface area contributed by atoms with Crippen LogP contribution in [0.25, 0.3) is 0 Å². The van der Waals surface area contributed by atoms with Gasteiger partial charge in [-0.2, -0.15) is 13.2 Å². The first-order chi connectivity index (χ1) is 19.6. The number of aromatic nitrogens is 1. The van der Waals surface area contributed by atoms with Gasteiger partial charge in [-0.3, -0.25) is 9.69 Å². The molecule has 11 heteroatoms. The Labute approximate surface area is 245 Å². The van der Waals surface area contributed by atoms with Crippen molar-refractivity contribution in [2.75, 3.05) is 20.8 Å². The SMILES string of the molecule is COc1ccc(CCNC(=O)c2csc(CN(Cc3ccc(Cl)cc3)Cc3cccc(C(F)(F)F)c3)n2)cc1OC. The van der Waals surface area contributed by atoms with Gasteiger partial charge in [0, 0.05) is 30.0 Å². The zero-order valence-electron chi connectivity index (χ0n) is 22.5. The lowest BCUT2D eigenvalue weighted by Gasteiger charge is -2.22. The van der Waals surface area contributed by atoms with E-state index in [0.717, 1.165) is 23.3 Å². The number of nitrogens with zero attached hydrogens (tertiary/aromatic N) is 2. The summed E-state index contributed by atoms with van der Waals surface area (Å²) in [5, 5.41) is 5.85. The molecule has 3 aromatic carbocycles. The number of hydrogen-bond donors (Lipinski definition) is 1. The van der Waals surface area contributed by atoms with Gasteiger partial charge < -0.3 is 14.8 Å². The second-order valence-electron chi connectivity index (χ2n) is 9.29. The van der Waals surface area contributed by atoms with E-state index in [4.69, 9.17) is 21.1 Å². The summed E-state index contributed by atoms with van der Waals surface area (Å²) in [4.78, 5) is 19.2. The molecule has 0 unspecified atom stereocenters. The molecule has 0 spiro atoms. The van der Waals surface area contributed by atoms with Crippen molar-refractivity contribution in [1.82, 2.24) is 15.2 Å². The zero-order chi connectivity index (χ0) is 29.4. The van der Waals surface area contributed by atoms with Crippen molar-refractivity contribution >= 4 is 28.8 Å². The van der Waals surface area contributed by atoms with Crippen molar-refractivity contribution in [3.63, 3.8) is 0 Å². The molecule has 1 N–H and O–H groups in total. The second kappa shape index (κ2) is 13.8. The van der Waals surface area contributed by atoms with E-state index < -0.39 is 11.7 Å². The number of methoxy groups -OCH3 is 2. The monoisotopic (exact) mass is 603 g/mol. The molecule has 1 heterocycles. The minimum absolute atomic E-state index is 0.263. The van der Waals surface area contributed by atoms with Gasteiger partial charge in [-0.1, -0.05) is 48.0 Å². The molecule has 0 saturated carbocycles. The summed E-state index contributed by atoms with van der Waals surface area (Å²) in [5.41, 5.74) is 2.06. The van der Waals surface area contributed by atoms with Crippen molar-refractivity contribution in [2.45, 2.75) is 32.2 Å². The quantitative estimate of drug-likeness (QED) is 0.189. The highest BCUT2D eigenvalue weighted by molar-refractivity contribution is 7.09. The molecular weight excluding hydrogens is 575 g/mol. The molecule has 0 fully saturated rings. The maximum atomic E-state index is 13.3. The summed E-state index contributed by atoms with van der Waals surface area (Å²) < 4.78 is 50.4. The standard InChI is InChI=1S/C30H29ClF3N3O3S/c1-39-26-11-8-20(15-27(26)40-2)12-13-35-29(38)25-19-41-28(36-25)18-37(16-21-6-9-24(31)10-7-21)17-22-4-3-5-23(14-22)30(32,33)34/h3-11,14-15,19H,12-13,16-18H2,1-2H3,(H,35,38). The van der Waals surface area contributed by atoms with Crippen LogP contribution in [0.1, 0.15) is 37.7 Å². The normalized spacial score (nSPS) is 11.5. The number of carbonyl (C=O) groups excluding carboxylic acids is 1. The number of benzene rings is 3. The van der Waals surface area contributed by atoms with Gasteiger partial charge in [-0.05, 0) is 53.4 Å². The van der Waals surface area contributed by atoms with Gasteiger partial charge in [0.25, 0.3) is 5.91 Å². The average molecular weight is 604 g/mol. The predicted octanol–water partition coefficient (Wildman–Crippen LogP) is 7.01. The Morgan fingerprint density at radius 3 is 2.34 bits per heavy atom. The molecule has 216 valence electrons. The summed E-state index contributed by atoms with van der Waals surface area (Å²) in [6.45, 7) is 1.47. The number of alkyl halides is 3. The van der Waals surface area contributed by atoms with Gasteiger partial charge in [0.05, 0.1) is 26.3 Å². The summed E-state index contributed by atoms with van der Waals surface area (Å²) in [5.74, 6) is 0.956. The molecule has 0 aliphatic carbocycles. The highest BCUT2D eigenvalue weighted by Crippen LogP contribution is 2.30. The maximum absolute atomic E-state index is 13.3. The molecule has 0 atom stereocenters. The van der Waals surface area contributed by atoms with Crippen LogP contribution in [-0.2, 0) is 32.2 Å². The number of rotatable bonds is 12. The van der Waals surface area contributed by atoms with E-state index in [2.05, 4.69) is 10.3 Å². The third kappa shape index (κ3) is 8.69. The van der Waals surface area contributed by atoms with Gasteiger partial charge in [0.15, 0.2) is 11.5 Å². The lowest BCUT2D eigenvalue weighted by atomic mass is 10.1. The fourth-order valence-electron chi connectivity index (χ4n) is 4.25. The molecule has 4 rings (SSSR count). The molecule has 0 aliphatic heterocycles. The summed E-state index contributed by atoms with van der Waals surface area (Å²) in [7, 11) is 3.14. The number of carbonyl (C=O) groups is 1. The Kier molecular flexibility index (Phi) is 10.3. The molecule has 0 saturated heterocycles. The number of ether oxygens (including phenoxy) is 2. The molecule has 0 radical (unpaired) electrons. The third-order valence-electron chi connectivity index (χ3n) is 6.27. The first-order valence-electron chi connectivity index (χ1n) is 12.7. The highest BCUT2D eigenvalue weighted by Gasteiger charge is 2.30. The van der Waals surface area contributed by atoms with E-state index in [1.165, 1.54) is 17.4 Å². The second-order valence-corrected chi connectivity index (χ2v) is 10.7. The molecule has 4 aromatic rings. The Morgan fingerprint density at radius 1 is 0.927 bits per heavy atom. The molecule has 0 bridgehead atoms. The van der Waals surface area contributed by atoms with Crippen LogP contribution in [0, 0.1) is 0 Å². The van der Waals surface area contributed by atoms with E-state index >= 15 is 0 Å². The van der Waals surface area contributed by atoms with Crippen molar-refractivity contribution < 1.29 is 27.4 Å². The fraction of sp³-hybridized carbons (Fsp3) is 0.267. The molecule has 1 aromatic heterocycles. The van der Waals surface area contributed by atoms with E-state index in [9.17, 15) is 18.0 Å². The van der Waals surface area contributed by atoms with Crippen LogP contribution in [0.15, 0.2) is 72.1 Å². The molecular formula is C30H29ClF3N3O3S. The van der Waals surface area contributed by atoms with Crippen molar-refractivity contribution in [1.29, 1.82) is 0 Å². The first-order valence-corrected chi connectivity index (χ1v) is 14.0. The molecule has 0 aliphatic rings. The molecule has 1 amide bonds. The molecule has 6 nitrogen and oxygen atoms in total. The van der Waals surface area contributed by atoms with Crippen LogP contribution in [0.4, 0.5) is 13.2 Å². The van der Waals surface area contributed by atoms with Gasteiger partial charge in [0.2, 0.25) is 0 Å². The summed E-state index contributed by atoms with van der Waals surface area (Å²) in [6.07, 6.45) is -3.83. The van der Waals surface area contributed by atoms with Crippen molar-refractivity contribution in [3.8, 4) is 11.5 Å². The number of thiazole rings is 1. The lowest BCUT2D eigenvalue weighted by Crippen LogP contribution is -2.26. The minimum Gasteiger partial charge on any atom is -0.493 e. The van der Waals surface area contributed by atoms with Gasteiger partial charge in [-0.15, -0.1) is 11.3 Å². The minimum atomic E-state index is -4.42. The van der Waals surface area contributed by atoms with Crippen LogP contribution in [-0.4, -0.2) is 36.6 Å². The Bertz CT molecular complexity index is 1460. The van der Waals surface area contributed by atoms with Crippen LogP contribution in [0.2, 0.25) is 5.02 Å². The average Bonchev–Trinajstić information content (AvgIpc) is 3.42. The predicted molar refractivity (Wildman–Crippen MR) is 154 cm³/mol. The smallest absolute Gasteiger partial charge is 0.416 e. The highest BCUT2D eigenvalue weighted by atomic mass is 35.5. The fourth-order valence-corrected chi connectivity index (χ4v) is 5.19. The van der Waals surface area contributed by atoms with Gasteiger partial charge in [-0.25, -0.2) is 4.98 Å². The first kappa shape index (κ1) is 30.4. The number of halogens is 4.